The van der Waals surface area contributed by atoms with Crippen LogP contribution in [-0.2, 0) is 20.8 Å². The maximum Gasteiger partial charge on any atom is 0.252 e. The molecule has 1 unspecified atom stereocenters. The molecule has 0 saturated carbocycles. The fourth-order valence-corrected chi connectivity index (χ4v) is 4.21. The second-order valence-corrected chi connectivity index (χ2v) is 9.12. The number of rotatable bonds is 10. The predicted molar refractivity (Wildman–Crippen MR) is 150 cm³/mol. The third kappa shape index (κ3) is 7.28. The number of amides is 3. The van der Waals surface area contributed by atoms with Gasteiger partial charge in [0.15, 0.2) is 5.82 Å². The van der Waals surface area contributed by atoms with Gasteiger partial charge in [0.1, 0.15) is 17.6 Å². The predicted octanol–water partition coefficient (Wildman–Crippen LogP) is 5.06. The molecule has 4 aromatic rings. The topological polar surface area (TPSA) is 105 Å². The Morgan fingerprint density at radius 3 is 2.40 bits per heavy atom. The number of nitrogens with zero attached hydrogens (tertiary/aromatic N) is 2. The number of benzene rings is 3. The molecule has 40 heavy (non-hydrogen) atoms. The van der Waals surface area contributed by atoms with E-state index in [4.69, 9.17) is 4.52 Å². The highest BCUT2D eigenvalue weighted by molar-refractivity contribution is 6.10. The van der Waals surface area contributed by atoms with Gasteiger partial charge in [-0.05, 0) is 55.2 Å². The Morgan fingerprint density at radius 2 is 1.70 bits per heavy atom. The van der Waals surface area contributed by atoms with Gasteiger partial charge in [-0.15, -0.1) is 0 Å². The molecular formula is C31H29FN4O4. The zero-order chi connectivity index (χ0) is 28.5. The number of aryl methyl sites for hydroxylation is 2. The van der Waals surface area contributed by atoms with Crippen molar-refractivity contribution in [1.29, 1.82) is 0 Å². The molecule has 9 heteroatoms. The minimum Gasteiger partial charge on any atom is -0.360 e. The molecule has 0 saturated heterocycles. The average Bonchev–Trinajstić information content (AvgIpc) is 3.35. The van der Waals surface area contributed by atoms with Crippen LogP contribution in [0.15, 0.2) is 102 Å². The van der Waals surface area contributed by atoms with Gasteiger partial charge in [0.2, 0.25) is 11.8 Å². The number of hydrogen-bond donors (Lipinski definition) is 2. The third-order valence-corrected chi connectivity index (χ3v) is 6.13. The lowest BCUT2D eigenvalue weighted by atomic mass is 9.98. The van der Waals surface area contributed by atoms with Crippen molar-refractivity contribution in [1.82, 2.24) is 10.5 Å². The van der Waals surface area contributed by atoms with Crippen molar-refractivity contribution in [2.75, 3.05) is 16.8 Å². The number of carbonyl (C=O) groups excluding carboxylic acids is 3. The SMILES string of the molecule is Cc1cc(NC(=O)C=CC(=O)N(c2cccc(F)c2)C(C(=O)NCCc2ccccc2)c2ccccc2C)no1. The van der Waals surface area contributed by atoms with Crippen LogP contribution in [0.1, 0.15) is 28.5 Å². The van der Waals surface area contributed by atoms with E-state index >= 15 is 0 Å². The Hall–Kier alpha value is -5.05. The first-order valence-electron chi connectivity index (χ1n) is 12.7. The lowest BCUT2D eigenvalue weighted by molar-refractivity contribution is -0.125. The highest BCUT2D eigenvalue weighted by Crippen LogP contribution is 2.30. The molecule has 0 spiro atoms. The molecule has 4 rings (SSSR count). The van der Waals surface area contributed by atoms with Crippen molar-refractivity contribution < 1.29 is 23.3 Å². The van der Waals surface area contributed by atoms with E-state index in [1.54, 1.807) is 19.1 Å². The van der Waals surface area contributed by atoms with Crippen LogP contribution in [0.5, 0.6) is 0 Å². The number of anilines is 2. The first-order valence-corrected chi connectivity index (χ1v) is 12.7. The van der Waals surface area contributed by atoms with Gasteiger partial charge in [-0.3, -0.25) is 19.3 Å². The van der Waals surface area contributed by atoms with Crippen molar-refractivity contribution in [3.05, 3.63) is 125 Å². The number of halogens is 1. The summed E-state index contributed by atoms with van der Waals surface area (Å²) in [5.41, 5.74) is 2.54. The molecule has 0 radical (unpaired) electrons. The average molecular weight is 541 g/mol. The second kappa shape index (κ2) is 13.1. The van der Waals surface area contributed by atoms with E-state index in [9.17, 15) is 18.8 Å². The summed E-state index contributed by atoms with van der Waals surface area (Å²) in [4.78, 5) is 41.1. The zero-order valence-corrected chi connectivity index (χ0v) is 22.1. The van der Waals surface area contributed by atoms with Crippen molar-refractivity contribution in [3.63, 3.8) is 0 Å². The largest absolute Gasteiger partial charge is 0.360 e. The van der Waals surface area contributed by atoms with Gasteiger partial charge in [0, 0.05) is 30.5 Å². The summed E-state index contributed by atoms with van der Waals surface area (Å²) in [7, 11) is 0. The van der Waals surface area contributed by atoms with Crippen LogP contribution in [0.2, 0.25) is 0 Å². The molecule has 0 aliphatic heterocycles. The molecule has 3 amide bonds. The first kappa shape index (κ1) is 28.0. The fourth-order valence-electron chi connectivity index (χ4n) is 4.21. The van der Waals surface area contributed by atoms with E-state index in [-0.39, 0.29) is 11.5 Å². The summed E-state index contributed by atoms with van der Waals surface area (Å²) in [5.74, 6) is -1.64. The first-order chi connectivity index (χ1) is 19.3. The van der Waals surface area contributed by atoms with E-state index < -0.39 is 29.6 Å². The minimum atomic E-state index is -1.14. The van der Waals surface area contributed by atoms with Gasteiger partial charge in [-0.1, -0.05) is 65.8 Å². The molecule has 2 N–H and O–H groups in total. The van der Waals surface area contributed by atoms with Gasteiger partial charge in [0.05, 0.1) is 0 Å². The molecule has 8 nitrogen and oxygen atoms in total. The van der Waals surface area contributed by atoms with Crippen molar-refractivity contribution in [2.45, 2.75) is 26.3 Å². The molecule has 0 fully saturated rings. The third-order valence-electron chi connectivity index (χ3n) is 6.13. The molecular weight excluding hydrogens is 511 g/mol. The fraction of sp³-hybridized carbons (Fsp3) is 0.161. The van der Waals surface area contributed by atoms with Gasteiger partial charge < -0.3 is 15.2 Å². The van der Waals surface area contributed by atoms with Crippen LogP contribution in [0.3, 0.4) is 0 Å². The van der Waals surface area contributed by atoms with Crippen molar-refractivity contribution in [3.8, 4) is 0 Å². The molecule has 1 heterocycles. The molecule has 0 aliphatic rings. The summed E-state index contributed by atoms with van der Waals surface area (Å²) >= 11 is 0. The summed E-state index contributed by atoms with van der Waals surface area (Å²) in [6, 6.07) is 22.7. The maximum absolute atomic E-state index is 14.3. The molecule has 0 aliphatic carbocycles. The summed E-state index contributed by atoms with van der Waals surface area (Å²) in [5, 5.41) is 9.13. The van der Waals surface area contributed by atoms with E-state index in [2.05, 4.69) is 15.8 Å². The normalized spacial score (nSPS) is 11.7. The highest BCUT2D eigenvalue weighted by Gasteiger charge is 2.33. The Balaban J connectivity index is 1.65. The molecule has 204 valence electrons. The minimum absolute atomic E-state index is 0.161. The summed E-state index contributed by atoms with van der Waals surface area (Å²) in [6.07, 6.45) is 2.65. The smallest absolute Gasteiger partial charge is 0.252 e. The zero-order valence-electron chi connectivity index (χ0n) is 22.1. The second-order valence-electron chi connectivity index (χ2n) is 9.12. The van der Waals surface area contributed by atoms with Crippen LogP contribution in [0.25, 0.3) is 0 Å². The van der Waals surface area contributed by atoms with E-state index in [1.807, 2.05) is 49.4 Å². The van der Waals surface area contributed by atoms with Gasteiger partial charge >= 0.3 is 0 Å². The van der Waals surface area contributed by atoms with Gasteiger partial charge in [-0.25, -0.2) is 4.39 Å². The quantitative estimate of drug-likeness (QED) is 0.274. The molecule has 3 aromatic carbocycles. The number of carbonyl (C=O) groups is 3. The van der Waals surface area contributed by atoms with Crippen LogP contribution < -0.4 is 15.5 Å². The van der Waals surface area contributed by atoms with E-state index in [0.717, 1.165) is 23.3 Å². The van der Waals surface area contributed by atoms with Crippen LogP contribution in [0, 0.1) is 19.7 Å². The number of hydrogen-bond acceptors (Lipinski definition) is 5. The summed E-state index contributed by atoms with van der Waals surface area (Å²) < 4.78 is 19.3. The highest BCUT2D eigenvalue weighted by atomic mass is 19.1. The lowest BCUT2D eigenvalue weighted by Crippen LogP contribution is -2.44. The number of aromatic nitrogens is 1. The Bertz CT molecular complexity index is 1520. The molecule has 1 aromatic heterocycles. The van der Waals surface area contributed by atoms with E-state index in [0.29, 0.717) is 24.3 Å². The summed E-state index contributed by atoms with van der Waals surface area (Å²) in [6.45, 7) is 3.83. The van der Waals surface area contributed by atoms with Crippen molar-refractivity contribution >= 4 is 29.2 Å². The Labute approximate surface area is 231 Å². The Morgan fingerprint density at radius 1 is 0.950 bits per heavy atom. The Kier molecular flexibility index (Phi) is 9.19. The van der Waals surface area contributed by atoms with Crippen LogP contribution in [0.4, 0.5) is 15.9 Å². The van der Waals surface area contributed by atoms with Crippen LogP contribution >= 0.6 is 0 Å². The van der Waals surface area contributed by atoms with Gasteiger partial charge in [-0.2, -0.15) is 0 Å². The van der Waals surface area contributed by atoms with E-state index in [1.165, 1.54) is 35.2 Å². The monoisotopic (exact) mass is 540 g/mol. The molecule has 1 atom stereocenters. The van der Waals surface area contributed by atoms with Crippen molar-refractivity contribution in [2.24, 2.45) is 0 Å². The van der Waals surface area contributed by atoms with Crippen LogP contribution in [-0.4, -0.2) is 29.4 Å². The number of nitrogens with one attached hydrogen (secondary N) is 2. The molecule has 0 bridgehead atoms. The lowest BCUT2D eigenvalue weighted by Gasteiger charge is -2.31. The van der Waals surface area contributed by atoms with Gasteiger partial charge in [0.25, 0.3) is 5.91 Å². The standard InChI is InChI=1S/C31H29FN4O4/c1-21-9-6-7-14-26(21)30(31(39)33-18-17-23-10-4-3-5-11-23)36(25-13-8-12-24(32)20-25)29(38)16-15-28(37)34-27-19-22(2)40-35-27/h3-16,19-20,30H,17-18H2,1-2H3,(H,33,39)(H,34,35,37). The maximum atomic E-state index is 14.3.